The van der Waals surface area contributed by atoms with Crippen LogP contribution >= 0.6 is 0 Å². The molecule has 0 aliphatic heterocycles. The van der Waals surface area contributed by atoms with Crippen molar-refractivity contribution in [1.29, 1.82) is 0 Å². The van der Waals surface area contributed by atoms with E-state index in [4.69, 9.17) is 0 Å². The van der Waals surface area contributed by atoms with Crippen molar-refractivity contribution in [1.82, 2.24) is 9.97 Å². The monoisotopic (exact) mass is 447 g/mol. The molecule has 164 valence electrons. The second-order valence-electron chi connectivity index (χ2n) is 8.11. The van der Waals surface area contributed by atoms with Crippen LogP contribution in [0.4, 0.5) is 14.6 Å². The van der Waals surface area contributed by atoms with E-state index >= 15 is 0 Å². The minimum absolute atomic E-state index is 0.00354. The molecule has 2 aromatic rings. The highest BCUT2D eigenvalue weighted by Crippen LogP contribution is 2.36. The normalized spacial score (nSPS) is 24.2. The number of halogens is 2. The zero-order valence-electron chi connectivity index (χ0n) is 17.0. The number of hydrogen-bond acceptors (Lipinski definition) is 5. The van der Waals surface area contributed by atoms with Crippen LogP contribution in [0.2, 0.25) is 0 Å². The van der Waals surface area contributed by atoms with Gasteiger partial charge in [-0.15, -0.1) is 0 Å². The summed E-state index contributed by atoms with van der Waals surface area (Å²) >= 11 is 0. The molecule has 9 heteroatoms. The Balaban J connectivity index is 1.63. The SMILES string of the molecule is Cc1cnc(NC(=O)/C(=C/C2CC(F)C(F)C2)c2ccc(S(=O)(=O)C3CC3)cc2)cn1. The van der Waals surface area contributed by atoms with Gasteiger partial charge in [-0.25, -0.2) is 22.2 Å². The Kier molecular flexibility index (Phi) is 5.88. The second kappa shape index (κ2) is 8.45. The lowest BCUT2D eigenvalue weighted by atomic mass is 9.98. The topological polar surface area (TPSA) is 89.0 Å². The lowest BCUT2D eigenvalue weighted by Crippen LogP contribution is -2.16. The molecule has 1 amide bonds. The molecule has 2 fully saturated rings. The van der Waals surface area contributed by atoms with Gasteiger partial charge in [0.2, 0.25) is 0 Å². The Morgan fingerprint density at radius 3 is 2.26 bits per heavy atom. The van der Waals surface area contributed by atoms with Crippen molar-refractivity contribution in [2.75, 3.05) is 5.32 Å². The van der Waals surface area contributed by atoms with E-state index < -0.39 is 34.0 Å². The van der Waals surface area contributed by atoms with Gasteiger partial charge in [-0.2, -0.15) is 0 Å². The number of carbonyl (C=O) groups is 1. The number of aryl methyl sites for hydroxylation is 1. The number of sulfone groups is 1. The first-order valence-electron chi connectivity index (χ1n) is 10.2. The summed E-state index contributed by atoms with van der Waals surface area (Å²) in [5.41, 5.74) is 1.37. The molecule has 0 bridgehead atoms. The third kappa shape index (κ3) is 4.81. The van der Waals surface area contributed by atoms with Crippen LogP contribution in [0.25, 0.3) is 5.57 Å². The maximum absolute atomic E-state index is 13.7. The maximum Gasteiger partial charge on any atom is 0.257 e. The van der Waals surface area contributed by atoms with Crippen LogP contribution in [0.3, 0.4) is 0 Å². The van der Waals surface area contributed by atoms with Crippen LogP contribution in [-0.4, -0.2) is 41.9 Å². The fourth-order valence-corrected chi connectivity index (χ4v) is 5.34. The zero-order valence-corrected chi connectivity index (χ0v) is 17.8. The number of rotatable bonds is 6. The lowest BCUT2D eigenvalue weighted by molar-refractivity contribution is -0.111. The summed E-state index contributed by atoms with van der Waals surface area (Å²) < 4.78 is 52.2. The zero-order chi connectivity index (χ0) is 22.2. The van der Waals surface area contributed by atoms with E-state index in [1.54, 1.807) is 25.1 Å². The van der Waals surface area contributed by atoms with Gasteiger partial charge in [0.05, 0.1) is 28.2 Å². The Morgan fingerprint density at radius 1 is 1.06 bits per heavy atom. The van der Waals surface area contributed by atoms with Crippen LogP contribution in [0.15, 0.2) is 47.6 Å². The van der Waals surface area contributed by atoms with Gasteiger partial charge in [0.1, 0.15) is 12.3 Å². The van der Waals surface area contributed by atoms with Gasteiger partial charge in [-0.1, -0.05) is 18.2 Å². The van der Waals surface area contributed by atoms with Crippen LogP contribution in [0, 0.1) is 12.8 Å². The van der Waals surface area contributed by atoms with Crippen molar-refractivity contribution in [3.63, 3.8) is 0 Å². The highest BCUT2D eigenvalue weighted by molar-refractivity contribution is 7.92. The molecule has 0 spiro atoms. The van der Waals surface area contributed by atoms with Gasteiger partial charge in [-0.05, 0) is 56.2 Å². The smallest absolute Gasteiger partial charge is 0.257 e. The summed E-state index contributed by atoms with van der Waals surface area (Å²) in [7, 11) is -3.36. The number of carbonyl (C=O) groups excluding carboxylic acids is 1. The number of nitrogens with zero attached hydrogens (tertiary/aromatic N) is 2. The molecule has 2 aliphatic carbocycles. The number of amides is 1. The molecule has 2 aliphatic rings. The Bertz CT molecular complexity index is 1090. The van der Waals surface area contributed by atoms with Crippen molar-refractivity contribution >= 4 is 27.1 Å². The first-order valence-corrected chi connectivity index (χ1v) is 11.7. The molecular formula is C22H23F2N3O3S. The second-order valence-corrected chi connectivity index (χ2v) is 10.3. The molecule has 2 unspecified atom stereocenters. The summed E-state index contributed by atoms with van der Waals surface area (Å²) in [5, 5.41) is 2.32. The van der Waals surface area contributed by atoms with Crippen LogP contribution in [0.5, 0.6) is 0 Å². The van der Waals surface area contributed by atoms with Gasteiger partial charge in [0.25, 0.3) is 5.91 Å². The van der Waals surface area contributed by atoms with Crippen LogP contribution in [-0.2, 0) is 14.6 Å². The molecule has 6 nitrogen and oxygen atoms in total. The van der Waals surface area contributed by atoms with E-state index in [0.717, 1.165) is 0 Å². The Labute approximate surface area is 179 Å². The average Bonchev–Trinajstić information content (AvgIpc) is 3.55. The molecular weight excluding hydrogens is 424 g/mol. The van der Waals surface area contributed by atoms with E-state index in [1.165, 1.54) is 24.5 Å². The fourth-order valence-electron chi connectivity index (χ4n) is 3.68. The minimum atomic E-state index is -3.36. The third-order valence-corrected chi connectivity index (χ3v) is 7.85. The molecule has 0 radical (unpaired) electrons. The van der Waals surface area contributed by atoms with Crippen molar-refractivity contribution in [3.8, 4) is 0 Å². The summed E-state index contributed by atoms with van der Waals surface area (Å²) in [6.45, 7) is 1.77. The van der Waals surface area contributed by atoms with Crippen molar-refractivity contribution in [2.45, 2.75) is 55.1 Å². The number of anilines is 1. The summed E-state index contributed by atoms with van der Waals surface area (Å²) in [6, 6.07) is 6.05. The number of allylic oxidation sites excluding steroid dienone is 1. The molecule has 2 saturated carbocycles. The molecule has 1 N–H and O–H groups in total. The van der Waals surface area contributed by atoms with Crippen molar-refractivity contribution in [3.05, 3.63) is 54.0 Å². The van der Waals surface area contributed by atoms with E-state index in [9.17, 15) is 22.0 Å². The molecule has 1 aromatic carbocycles. The van der Waals surface area contributed by atoms with E-state index in [1.807, 2.05) is 0 Å². The predicted octanol–water partition coefficient (Wildman–Crippen LogP) is 3.83. The standard InChI is InChI=1S/C22H23F2N3O3S/c1-13-11-26-21(12-25-13)27-22(28)18(8-14-9-19(23)20(24)10-14)15-2-4-16(5-3-15)31(29,30)17-6-7-17/h2-5,8,11-12,14,17,19-20H,6-7,9-10H2,1H3,(H,26,27,28)/b18-8+. The Hall–Kier alpha value is -2.68. The molecule has 31 heavy (non-hydrogen) atoms. The summed E-state index contributed by atoms with van der Waals surface area (Å²) in [5.74, 6) is -0.703. The quantitative estimate of drug-likeness (QED) is 0.680. The number of benzene rings is 1. The van der Waals surface area contributed by atoms with Crippen LogP contribution in [0.1, 0.15) is 36.9 Å². The summed E-state index contributed by atoms with van der Waals surface area (Å²) in [6.07, 6.45) is 2.69. The lowest BCUT2D eigenvalue weighted by Gasteiger charge is -2.12. The number of nitrogens with one attached hydrogen (secondary N) is 1. The minimum Gasteiger partial charge on any atom is -0.305 e. The van der Waals surface area contributed by atoms with Gasteiger partial charge in [-0.3, -0.25) is 9.78 Å². The first-order chi connectivity index (χ1) is 14.7. The molecule has 1 aromatic heterocycles. The third-order valence-electron chi connectivity index (χ3n) is 5.57. The van der Waals surface area contributed by atoms with Crippen molar-refractivity contribution < 1.29 is 22.0 Å². The average molecular weight is 448 g/mol. The van der Waals surface area contributed by atoms with Gasteiger partial charge in [0, 0.05) is 5.57 Å². The largest absolute Gasteiger partial charge is 0.305 e. The van der Waals surface area contributed by atoms with Gasteiger partial charge in [0.15, 0.2) is 15.7 Å². The predicted molar refractivity (Wildman–Crippen MR) is 113 cm³/mol. The maximum atomic E-state index is 13.7. The van der Waals surface area contributed by atoms with Crippen LogP contribution < -0.4 is 5.32 Å². The highest BCUT2D eigenvalue weighted by atomic mass is 32.2. The number of alkyl halides is 2. The highest BCUT2D eigenvalue weighted by Gasteiger charge is 2.37. The summed E-state index contributed by atoms with van der Waals surface area (Å²) in [4.78, 5) is 21.4. The van der Waals surface area contributed by atoms with E-state index in [2.05, 4.69) is 15.3 Å². The van der Waals surface area contributed by atoms with Gasteiger partial charge >= 0.3 is 0 Å². The fraction of sp³-hybridized carbons (Fsp3) is 0.409. The Morgan fingerprint density at radius 2 is 1.71 bits per heavy atom. The van der Waals surface area contributed by atoms with Gasteiger partial charge < -0.3 is 5.32 Å². The molecule has 1 heterocycles. The molecule has 2 atom stereocenters. The molecule has 0 saturated heterocycles. The van der Waals surface area contributed by atoms with E-state index in [-0.39, 0.29) is 34.4 Å². The number of hydrogen-bond donors (Lipinski definition) is 1. The first kappa shape index (κ1) is 21.5. The number of aromatic nitrogens is 2. The van der Waals surface area contributed by atoms with E-state index in [0.29, 0.717) is 24.1 Å². The molecule has 4 rings (SSSR count). The van der Waals surface area contributed by atoms with Crippen molar-refractivity contribution in [2.24, 2.45) is 5.92 Å².